The van der Waals surface area contributed by atoms with E-state index in [1.165, 1.54) is 38.5 Å². The summed E-state index contributed by atoms with van der Waals surface area (Å²) in [5.74, 6) is 6.23. The quantitative estimate of drug-likeness (QED) is 0.490. The summed E-state index contributed by atoms with van der Waals surface area (Å²) in [7, 11) is 0. The fourth-order valence-electron chi connectivity index (χ4n) is 6.52. The Kier molecular flexibility index (Phi) is 4.72. The van der Waals surface area contributed by atoms with Gasteiger partial charge in [-0.1, -0.05) is 59.8 Å². The van der Waals surface area contributed by atoms with Crippen LogP contribution in [-0.4, -0.2) is 0 Å². The lowest BCUT2D eigenvalue weighted by Gasteiger charge is -2.33. The molecule has 0 radical (unpaired) electrons. The lowest BCUT2D eigenvalue weighted by Crippen LogP contribution is -2.24. The van der Waals surface area contributed by atoms with Crippen molar-refractivity contribution in [2.75, 3.05) is 0 Å². The van der Waals surface area contributed by atoms with E-state index in [4.69, 9.17) is 0 Å². The van der Waals surface area contributed by atoms with Crippen LogP contribution < -0.4 is 0 Å². The van der Waals surface area contributed by atoms with Gasteiger partial charge < -0.3 is 0 Å². The van der Waals surface area contributed by atoms with E-state index in [1.54, 1.807) is 25.7 Å². The van der Waals surface area contributed by atoms with E-state index in [1.807, 2.05) is 0 Å². The first-order valence-corrected chi connectivity index (χ1v) is 10.1. The van der Waals surface area contributed by atoms with Crippen LogP contribution in [0, 0.1) is 40.9 Å². The summed E-state index contributed by atoms with van der Waals surface area (Å²) in [5, 5.41) is 0. The molecule has 122 valence electrons. The molecule has 3 rings (SSSR count). The zero-order chi connectivity index (χ0) is 15.0. The molecular formula is C21H38. The molecule has 0 heterocycles. The van der Waals surface area contributed by atoms with Gasteiger partial charge in [-0.25, -0.2) is 0 Å². The van der Waals surface area contributed by atoms with Crippen LogP contribution >= 0.6 is 0 Å². The highest BCUT2D eigenvalue weighted by Gasteiger charge is 2.63. The fourth-order valence-corrected chi connectivity index (χ4v) is 6.52. The Hall–Kier alpha value is 0. The second kappa shape index (κ2) is 6.25. The molecule has 6 atom stereocenters. The van der Waals surface area contributed by atoms with Gasteiger partial charge in [0.2, 0.25) is 0 Å². The average Bonchev–Trinajstić information content (AvgIpc) is 2.78. The standard InChI is InChI=1S/C21H38/c1-5-8-15(2)19(18-10-6-9-16(18)3)11-12-20-17(4)21(20)13-7-14-21/h15-20H,5-14H2,1-4H3. The van der Waals surface area contributed by atoms with E-state index in [-0.39, 0.29) is 0 Å². The SMILES string of the molecule is CCCC(C)C(CCC1C(C)C12CCC2)C1CCCC1C. The van der Waals surface area contributed by atoms with Crippen LogP contribution in [0.25, 0.3) is 0 Å². The van der Waals surface area contributed by atoms with Gasteiger partial charge in [0.05, 0.1) is 0 Å². The van der Waals surface area contributed by atoms with Gasteiger partial charge in [0.1, 0.15) is 0 Å². The maximum atomic E-state index is 2.56. The number of hydrogen-bond acceptors (Lipinski definition) is 0. The third kappa shape index (κ3) is 2.81. The Morgan fingerprint density at radius 2 is 1.81 bits per heavy atom. The van der Waals surface area contributed by atoms with E-state index in [0.717, 1.165) is 40.9 Å². The molecule has 0 aromatic heterocycles. The highest BCUT2D eigenvalue weighted by molar-refractivity contribution is 5.12. The predicted molar refractivity (Wildman–Crippen MR) is 92.2 cm³/mol. The van der Waals surface area contributed by atoms with Crippen molar-refractivity contribution in [3.05, 3.63) is 0 Å². The lowest BCUT2D eigenvalue weighted by molar-refractivity contribution is 0.166. The van der Waals surface area contributed by atoms with Crippen LogP contribution in [0.2, 0.25) is 0 Å². The molecule has 6 unspecified atom stereocenters. The first kappa shape index (κ1) is 15.9. The van der Waals surface area contributed by atoms with Gasteiger partial charge in [0.25, 0.3) is 0 Å². The van der Waals surface area contributed by atoms with E-state index in [0.29, 0.717) is 0 Å². The molecule has 3 aliphatic carbocycles. The van der Waals surface area contributed by atoms with Crippen molar-refractivity contribution in [1.82, 2.24) is 0 Å². The zero-order valence-electron chi connectivity index (χ0n) is 15.0. The molecule has 0 heteroatoms. The topological polar surface area (TPSA) is 0 Å². The average molecular weight is 291 g/mol. The number of rotatable bonds is 7. The Morgan fingerprint density at radius 1 is 1.05 bits per heavy atom. The minimum absolute atomic E-state index is 0.861. The number of hydrogen-bond donors (Lipinski definition) is 0. The summed E-state index contributed by atoms with van der Waals surface area (Å²) >= 11 is 0. The highest BCUT2D eigenvalue weighted by atomic mass is 14.7. The molecule has 0 saturated heterocycles. The summed E-state index contributed by atoms with van der Waals surface area (Å²) in [6.07, 6.45) is 15.1. The molecular weight excluding hydrogens is 252 g/mol. The molecule has 0 amide bonds. The maximum Gasteiger partial charge on any atom is -0.0238 e. The molecule has 3 saturated carbocycles. The second-order valence-corrected chi connectivity index (χ2v) is 9.06. The van der Waals surface area contributed by atoms with Gasteiger partial charge in [0.15, 0.2) is 0 Å². The molecule has 0 aliphatic heterocycles. The van der Waals surface area contributed by atoms with Crippen LogP contribution in [0.1, 0.15) is 91.9 Å². The van der Waals surface area contributed by atoms with Gasteiger partial charge in [-0.15, -0.1) is 0 Å². The fraction of sp³-hybridized carbons (Fsp3) is 1.00. The molecule has 21 heavy (non-hydrogen) atoms. The summed E-state index contributed by atoms with van der Waals surface area (Å²) in [4.78, 5) is 0. The van der Waals surface area contributed by atoms with Gasteiger partial charge in [-0.05, 0) is 73.0 Å². The Labute approximate surface area is 133 Å². The Balaban J connectivity index is 1.57. The molecule has 1 spiro atoms. The molecule has 3 aliphatic rings. The van der Waals surface area contributed by atoms with Crippen molar-refractivity contribution in [2.45, 2.75) is 91.9 Å². The molecule has 0 bridgehead atoms. The minimum atomic E-state index is 0.861. The largest absolute Gasteiger partial charge is 0.0654 e. The summed E-state index contributed by atoms with van der Waals surface area (Å²) in [6.45, 7) is 10.0. The zero-order valence-corrected chi connectivity index (χ0v) is 15.0. The van der Waals surface area contributed by atoms with Crippen LogP contribution in [0.15, 0.2) is 0 Å². The normalized spacial score (nSPS) is 40.0. The van der Waals surface area contributed by atoms with Crippen molar-refractivity contribution in [3.8, 4) is 0 Å². The smallest absolute Gasteiger partial charge is 0.0238 e. The second-order valence-electron chi connectivity index (χ2n) is 9.06. The molecule has 0 nitrogen and oxygen atoms in total. The Morgan fingerprint density at radius 3 is 2.29 bits per heavy atom. The van der Waals surface area contributed by atoms with Crippen LogP contribution in [-0.2, 0) is 0 Å². The first-order chi connectivity index (χ1) is 10.1. The monoisotopic (exact) mass is 290 g/mol. The highest BCUT2D eigenvalue weighted by Crippen LogP contribution is 2.71. The molecule has 3 fully saturated rings. The van der Waals surface area contributed by atoms with E-state index in [9.17, 15) is 0 Å². The lowest BCUT2D eigenvalue weighted by atomic mass is 9.72. The van der Waals surface area contributed by atoms with E-state index in [2.05, 4.69) is 27.7 Å². The van der Waals surface area contributed by atoms with Crippen molar-refractivity contribution < 1.29 is 0 Å². The van der Waals surface area contributed by atoms with E-state index >= 15 is 0 Å². The van der Waals surface area contributed by atoms with Crippen molar-refractivity contribution >= 4 is 0 Å². The van der Waals surface area contributed by atoms with Crippen molar-refractivity contribution in [2.24, 2.45) is 40.9 Å². The molecule has 0 aromatic carbocycles. The molecule has 0 N–H and O–H groups in total. The third-order valence-electron chi connectivity index (χ3n) is 8.19. The van der Waals surface area contributed by atoms with Crippen molar-refractivity contribution in [1.29, 1.82) is 0 Å². The van der Waals surface area contributed by atoms with Crippen LogP contribution in [0.4, 0.5) is 0 Å². The summed E-state index contributed by atoms with van der Waals surface area (Å²) in [6, 6.07) is 0. The van der Waals surface area contributed by atoms with Crippen LogP contribution in [0.3, 0.4) is 0 Å². The Bertz CT molecular complexity index is 340. The van der Waals surface area contributed by atoms with Gasteiger partial charge >= 0.3 is 0 Å². The van der Waals surface area contributed by atoms with Gasteiger partial charge in [0, 0.05) is 0 Å². The van der Waals surface area contributed by atoms with Crippen LogP contribution in [0.5, 0.6) is 0 Å². The first-order valence-electron chi connectivity index (χ1n) is 10.1. The van der Waals surface area contributed by atoms with Gasteiger partial charge in [-0.3, -0.25) is 0 Å². The van der Waals surface area contributed by atoms with Crippen molar-refractivity contribution in [3.63, 3.8) is 0 Å². The summed E-state index contributed by atoms with van der Waals surface area (Å²) in [5.41, 5.74) is 0.861. The van der Waals surface area contributed by atoms with Gasteiger partial charge in [-0.2, -0.15) is 0 Å². The minimum Gasteiger partial charge on any atom is -0.0654 e. The maximum absolute atomic E-state index is 2.56. The molecule has 0 aromatic rings. The van der Waals surface area contributed by atoms with E-state index < -0.39 is 0 Å². The summed E-state index contributed by atoms with van der Waals surface area (Å²) < 4.78 is 0. The third-order valence-corrected chi connectivity index (χ3v) is 8.19. The predicted octanol–water partition coefficient (Wildman–Crippen LogP) is 6.69.